The van der Waals surface area contributed by atoms with Crippen LogP contribution in [0.5, 0.6) is 0 Å². The highest BCUT2D eigenvalue weighted by Gasteiger charge is 2.20. The van der Waals surface area contributed by atoms with Gasteiger partial charge >= 0.3 is 0 Å². The van der Waals surface area contributed by atoms with Crippen LogP contribution in [-0.2, 0) is 19.6 Å². The van der Waals surface area contributed by atoms with Crippen LogP contribution in [0.3, 0.4) is 0 Å². The fraction of sp³-hybridized carbons (Fsp3) is 0.115. The van der Waals surface area contributed by atoms with Crippen molar-refractivity contribution in [2.45, 2.75) is 19.6 Å². The summed E-state index contributed by atoms with van der Waals surface area (Å²) in [7, 11) is 0. The Morgan fingerprint density at radius 1 is 0.806 bits per heavy atom. The molecule has 0 aliphatic carbocycles. The Balaban J connectivity index is 1.61. The summed E-state index contributed by atoms with van der Waals surface area (Å²) in [4.78, 5) is 15.3. The van der Waals surface area contributed by atoms with Crippen molar-refractivity contribution in [2.24, 2.45) is 0 Å². The Labute approximate surface area is 189 Å². The summed E-state index contributed by atoms with van der Waals surface area (Å²) in [5.41, 5.74) is 3.72. The number of nitrogens with zero attached hydrogens (tertiary/aromatic N) is 2. The van der Waals surface area contributed by atoms with Gasteiger partial charge in [-0.1, -0.05) is 54.6 Å². The molecule has 0 unspecified atom stereocenters. The molecule has 31 heavy (non-hydrogen) atoms. The van der Waals surface area contributed by atoms with E-state index >= 15 is 0 Å². The maximum absolute atomic E-state index is 13.4. The van der Waals surface area contributed by atoms with Crippen LogP contribution < -0.4 is 0 Å². The highest BCUT2D eigenvalue weighted by Crippen LogP contribution is 2.21. The van der Waals surface area contributed by atoms with Crippen LogP contribution >= 0.6 is 15.9 Å². The van der Waals surface area contributed by atoms with Gasteiger partial charge in [-0.05, 0) is 63.5 Å². The average molecular weight is 477 g/mol. The number of benzene rings is 3. The van der Waals surface area contributed by atoms with Crippen LogP contribution in [0.15, 0.2) is 102 Å². The van der Waals surface area contributed by atoms with Crippen molar-refractivity contribution < 1.29 is 9.18 Å². The van der Waals surface area contributed by atoms with Crippen molar-refractivity contribution in [3.63, 3.8) is 0 Å². The standard InChI is InChI=1S/C26H22BrFN2O/c27-25-11-5-4-10-24(25)26(31)30(18-20-7-2-1-3-8-20)19-23-9-6-16-29(23)17-21-12-14-22(28)15-13-21/h1-16H,17-19H2. The lowest BCUT2D eigenvalue weighted by atomic mass is 10.1. The molecule has 4 rings (SSSR count). The minimum atomic E-state index is -0.246. The minimum absolute atomic E-state index is 0.0362. The molecular formula is C26H22BrFN2O. The SMILES string of the molecule is O=C(c1ccccc1Br)N(Cc1ccccc1)Cc1cccn1Cc1ccc(F)cc1. The molecule has 156 valence electrons. The summed E-state index contributed by atoms with van der Waals surface area (Å²) in [5.74, 6) is -0.282. The normalized spacial score (nSPS) is 10.8. The summed E-state index contributed by atoms with van der Waals surface area (Å²) in [5, 5.41) is 0. The largest absolute Gasteiger partial charge is 0.345 e. The number of hydrogen-bond acceptors (Lipinski definition) is 1. The summed E-state index contributed by atoms with van der Waals surface area (Å²) < 4.78 is 16.1. The average Bonchev–Trinajstić information content (AvgIpc) is 3.22. The van der Waals surface area contributed by atoms with E-state index in [9.17, 15) is 9.18 Å². The maximum atomic E-state index is 13.4. The molecule has 1 aromatic heterocycles. The van der Waals surface area contributed by atoms with Gasteiger partial charge in [0.2, 0.25) is 0 Å². The third-order valence-corrected chi connectivity index (χ3v) is 5.84. The van der Waals surface area contributed by atoms with Crippen LogP contribution in [0.4, 0.5) is 4.39 Å². The van der Waals surface area contributed by atoms with Gasteiger partial charge in [-0.3, -0.25) is 4.79 Å². The molecule has 1 heterocycles. The zero-order chi connectivity index (χ0) is 21.6. The molecule has 0 aliphatic heterocycles. The van der Waals surface area contributed by atoms with Gasteiger partial charge in [-0.15, -0.1) is 0 Å². The maximum Gasteiger partial charge on any atom is 0.255 e. The summed E-state index contributed by atoms with van der Waals surface area (Å²) in [6.07, 6.45) is 1.99. The number of hydrogen-bond donors (Lipinski definition) is 0. The van der Waals surface area contributed by atoms with E-state index in [1.54, 1.807) is 12.1 Å². The zero-order valence-corrected chi connectivity index (χ0v) is 18.5. The molecule has 0 spiro atoms. The molecule has 0 bridgehead atoms. The van der Waals surface area contributed by atoms with E-state index in [0.717, 1.165) is 21.3 Å². The Morgan fingerprint density at radius 3 is 2.26 bits per heavy atom. The fourth-order valence-electron chi connectivity index (χ4n) is 3.54. The van der Waals surface area contributed by atoms with Crippen molar-refractivity contribution in [3.8, 4) is 0 Å². The van der Waals surface area contributed by atoms with Crippen molar-refractivity contribution in [2.75, 3.05) is 0 Å². The van der Waals surface area contributed by atoms with Gasteiger partial charge in [0.15, 0.2) is 0 Å². The molecule has 3 aromatic carbocycles. The third-order valence-electron chi connectivity index (χ3n) is 5.15. The second-order valence-corrected chi connectivity index (χ2v) is 8.23. The number of carbonyl (C=O) groups excluding carboxylic acids is 1. The van der Waals surface area contributed by atoms with Gasteiger partial charge in [0, 0.05) is 29.5 Å². The van der Waals surface area contributed by atoms with Crippen molar-refractivity contribution in [1.29, 1.82) is 0 Å². The van der Waals surface area contributed by atoms with Crippen LogP contribution in [0.1, 0.15) is 27.2 Å². The number of carbonyl (C=O) groups is 1. The minimum Gasteiger partial charge on any atom is -0.345 e. The summed E-state index contributed by atoms with van der Waals surface area (Å²) in [6, 6.07) is 28.0. The zero-order valence-electron chi connectivity index (χ0n) is 16.9. The van der Waals surface area contributed by atoms with Crippen LogP contribution in [-0.4, -0.2) is 15.4 Å². The first-order valence-electron chi connectivity index (χ1n) is 10.1. The van der Waals surface area contributed by atoms with Crippen LogP contribution in [0.25, 0.3) is 0 Å². The monoisotopic (exact) mass is 476 g/mol. The predicted molar refractivity (Wildman–Crippen MR) is 124 cm³/mol. The first-order chi connectivity index (χ1) is 15.1. The second-order valence-electron chi connectivity index (χ2n) is 7.38. The molecule has 5 heteroatoms. The van der Waals surface area contributed by atoms with Gasteiger partial charge in [-0.2, -0.15) is 0 Å². The molecule has 0 aliphatic rings. The lowest BCUT2D eigenvalue weighted by molar-refractivity contribution is 0.0725. The quantitative estimate of drug-likeness (QED) is 0.308. The Kier molecular flexibility index (Phi) is 6.63. The highest BCUT2D eigenvalue weighted by molar-refractivity contribution is 9.10. The van der Waals surface area contributed by atoms with Gasteiger partial charge in [0.1, 0.15) is 5.82 Å². The van der Waals surface area contributed by atoms with Gasteiger partial charge in [0.05, 0.1) is 12.1 Å². The predicted octanol–water partition coefficient (Wildman–Crippen LogP) is 6.28. The van der Waals surface area contributed by atoms with Crippen LogP contribution in [0, 0.1) is 5.82 Å². The summed E-state index contributed by atoms with van der Waals surface area (Å²) in [6.45, 7) is 1.58. The number of amides is 1. The van der Waals surface area contributed by atoms with E-state index in [2.05, 4.69) is 20.5 Å². The van der Waals surface area contributed by atoms with E-state index in [1.165, 1.54) is 12.1 Å². The molecule has 0 N–H and O–H groups in total. The van der Waals surface area contributed by atoms with E-state index in [0.29, 0.717) is 25.2 Å². The smallest absolute Gasteiger partial charge is 0.255 e. The molecule has 0 atom stereocenters. The van der Waals surface area contributed by atoms with Crippen molar-refractivity contribution in [3.05, 3.63) is 130 Å². The van der Waals surface area contributed by atoms with Gasteiger partial charge < -0.3 is 9.47 Å². The first-order valence-corrected chi connectivity index (χ1v) is 10.9. The highest BCUT2D eigenvalue weighted by atomic mass is 79.9. The molecule has 1 amide bonds. The molecule has 3 nitrogen and oxygen atoms in total. The molecule has 0 saturated heterocycles. The number of aromatic nitrogens is 1. The van der Waals surface area contributed by atoms with Gasteiger partial charge in [0.25, 0.3) is 5.91 Å². The number of halogens is 2. The lowest BCUT2D eigenvalue weighted by Gasteiger charge is -2.24. The molecule has 0 radical (unpaired) electrons. The summed E-state index contributed by atoms with van der Waals surface area (Å²) >= 11 is 3.51. The van der Waals surface area contributed by atoms with E-state index in [1.807, 2.05) is 77.8 Å². The molecule has 4 aromatic rings. The van der Waals surface area contributed by atoms with E-state index < -0.39 is 0 Å². The lowest BCUT2D eigenvalue weighted by Crippen LogP contribution is -2.31. The van der Waals surface area contributed by atoms with Gasteiger partial charge in [-0.25, -0.2) is 4.39 Å². The topological polar surface area (TPSA) is 25.2 Å². The Bertz CT molecular complexity index is 1160. The first kappa shape index (κ1) is 21.1. The molecule has 0 fully saturated rings. The van der Waals surface area contributed by atoms with Crippen molar-refractivity contribution >= 4 is 21.8 Å². The van der Waals surface area contributed by atoms with Crippen LogP contribution in [0.2, 0.25) is 0 Å². The number of rotatable bonds is 7. The Hall–Kier alpha value is -3.18. The molecular weight excluding hydrogens is 455 g/mol. The Morgan fingerprint density at radius 2 is 1.52 bits per heavy atom. The molecule has 0 saturated carbocycles. The van der Waals surface area contributed by atoms with E-state index in [4.69, 9.17) is 0 Å². The second kappa shape index (κ2) is 9.75. The van der Waals surface area contributed by atoms with Crippen molar-refractivity contribution in [1.82, 2.24) is 9.47 Å². The fourth-order valence-corrected chi connectivity index (χ4v) is 3.99. The van der Waals surface area contributed by atoms with E-state index in [-0.39, 0.29) is 11.7 Å². The third kappa shape index (κ3) is 5.30.